The Morgan fingerprint density at radius 2 is 1.93 bits per heavy atom. The topological polar surface area (TPSA) is 63.8 Å². The van der Waals surface area contributed by atoms with Gasteiger partial charge in [-0.15, -0.1) is 0 Å². The molecule has 0 unspecified atom stereocenters. The second kappa shape index (κ2) is 9.02. The molecule has 0 saturated heterocycles. The highest BCUT2D eigenvalue weighted by molar-refractivity contribution is 8.00. The number of benzene rings is 2. The number of nitrogens with two attached hydrogens (primary N) is 1. The largest absolute Gasteiger partial charge is 0.446 e. The number of alkyl halides is 3. The Hall–Kier alpha value is -2.29. The maximum atomic E-state index is 12.6. The van der Waals surface area contributed by atoms with Crippen LogP contribution in [-0.4, -0.2) is 22.0 Å². The number of hydrogen-bond acceptors (Lipinski definition) is 5. The summed E-state index contributed by atoms with van der Waals surface area (Å²) in [6, 6.07) is 13.0. The third-order valence-electron chi connectivity index (χ3n) is 4.16. The second-order valence-corrected chi connectivity index (χ2v) is 7.91. The fourth-order valence-electron chi connectivity index (χ4n) is 2.64. The molecule has 0 fully saturated rings. The SMILES string of the molecule is Cc1ccc(-c2cc(NC[C@H](N)c3cccc(SC(F)(F)F)c3)ncn2)cc1Cl. The van der Waals surface area contributed by atoms with E-state index in [1.165, 1.54) is 18.5 Å². The fraction of sp³-hybridized carbons (Fsp3) is 0.200. The van der Waals surface area contributed by atoms with E-state index in [2.05, 4.69) is 15.3 Å². The highest BCUT2D eigenvalue weighted by Gasteiger charge is 2.29. The summed E-state index contributed by atoms with van der Waals surface area (Å²) in [7, 11) is 0. The van der Waals surface area contributed by atoms with E-state index in [0.29, 0.717) is 28.6 Å². The molecule has 1 aromatic heterocycles. The lowest BCUT2D eigenvalue weighted by Crippen LogP contribution is -2.21. The molecule has 0 bridgehead atoms. The first-order valence-electron chi connectivity index (χ1n) is 8.65. The third-order valence-corrected chi connectivity index (χ3v) is 5.29. The van der Waals surface area contributed by atoms with Gasteiger partial charge in [0.25, 0.3) is 0 Å². The fourth-order valence-corrected chi connectivity index (χ4v) is 3.43. The van der Waals surface area contributed by atoms with Crippen molar-refractivity contribution in [1.82, 2.24) is 9.97 Å². The minimum absolute atomic E-state index is 0.103. The molecular weight excluding hydrogens is 421 g/mol. The lowest BCUT2D eigenvalue weighted by Gasteiger charge is -2.15. The Bertz CT molecular complexity index is 997. The molecule has 0 saturated carbocycles. The summed E-state index contributed by atoms with van der Waals surface area (Å²) in [6.45, 7) is 2.22. The summed E-state index contributed by atoms with van der Waals surface area (Å²) in [5.41, 5.74) is 4.94. The van der Waals surface area contributed by atoms with E-state index in [4.69, 9.17) is 17.3 Å². The normalized spacial score (nSPS) is 12.6. The van der Waals surface area contributed by atoms with E-state index in [0.717, 1.165) is 11.1 Å². The van der Waals surface area contributed by atoms with Crippen LogP contribution in [0.3, 0.4) is 0 Å². The quantitative estimate of drug-likeness (QED) is 0.474. The summed E-state index contributed by atoms with van der Waals surface area (Å²) in [5, 5.41) is 3.76. The maximum Gasteiger partial charge on any atom is 0.446 e. The molecule has 29 heavy (non-hydrogen) atoms. The first-order valence-corrected chi connectivity index (χ1v) is 9.84. The molecule has 3 N–H and O–H groups in total. The zero-order chi connectivity index (χ0) is 21.0. The van der Waals surface area contributed by atoms with E-state index >= 15 is 0 Å². The van der Waals surface area contributed by atoms with Crippen molar-refractivity contribution >= 4 is 29.2 Å². The van der Waals surface area contributed by atoms with Crippen LogP contribution in [0.1, 0.15) is 17.2 Å². The Morgan fingerprint density at radius 1 is 1.14 bits per heavy atom. The number of thioether (sulfide) groups is 1. The van der Waals surface area contributed by atoms with Crippen LogP contribution in [0.5, 0.6) is 0 Å². The van der Waals surface area contributed by atoms with Crippen LogP contribution < -0.4 is 11.1 Å². The van der Waals surface area contributed by atoms with Gasteiger partial charge in [-0.05, 0) is 48.0 Å². The van der Waals surface area contributed by atoms with E-state index in [-0.39, 0.29) is 16.7 Å². The maximum absolute atomic E-state index is 12.6. The first kappa shape index (κ1) is 21.4. The van der Waals surface area contributed by atoms with E-state index in [9.17, 15) is 13.2 Å². The van der Waals surface area contributed by atoms with Crippen LogP contribution in [0, 0.1) is 6.92 Å². The first-order chi connectivity index (χ1) is 13.7. The molecule has 152 valence electrons. The molecule has 1 atom stereocenters. The predicted octanol–water partition coefficient (Wildman–Crippen LogP) is 5.83. The highest BCUT2D eigenvalue weighted by atomic mass is 35.5. The van der Waals surface area contributed by atoms with Crippen molar-refractivity contribution in [3.63, 3.8) is 0 Å². The molecule has 0 aliphatic carbocycles. The Morgan fingerprint density at radius 3 is 2.66 bits per heavy atom. The summed E-state index contributed by atoms with van der Waals surface area (Å²) in [5.74, 6) is 0.558. The number of halogens is 4. The van der Waals surface area contributed by atoms with Crippen LogP contribution >= 0.6 is 23.4 Å². The lowest BCUT2D eigenvalue weighted by atomic mass is 10.1. The van der Waals surface area contributed by atoms with Crippen LogP contribution in [0.15, 0.2) is 59.8 Å². The number of aryl methyl sites for hydroxylation is 1. The van der Waals surface area contributed by atoms with E-state index in [1.807, 2.05) is 25.1 Å². The van der Waals surface area contributed by atoms with Gasteiger partial charge < -0.3 is 11.1 Å². The van der Waals surface area contributed by atoms with Crippen LogP contribution in [0.2, 0.25) is 5.02 Å². The molecule has 0 aliphatic rings. The van der Waals surface area contributed by atoms with Gasteiger partial charge in [0.2, 0.25) is 0 Å². The zero-order valence-corrected chi connectivity index (χ0v) is 16.9. The van der Waals surface area contributed by atoms with E-state index < -0.39 is 11.6 Å². The molecule has 3 rings (SSSR count). The number of anilines is 1. The molecule has 0 spiro atoms. The molecule has 1 heterocycles. The van der Waals surface area contributed by atoms with Gasteiger partial charge in [-0.25, -0.2) is 9.97 Å². The third kappa shape index (κ3) is 6.09. The van der Waals surface area contributed by atoms with Crippen molar-refractivity contribution in [1.29, 1.82) is 0 Å². The Balaban J connectivity index is 1.68. The summed E-state index contributed by atoms with van der Waals surface area (Å²) in [4.78, 5) is 8.54. The number of rotatable bonds is 6. The minimum atomic E-state index is -4.34. The van der Waals surface area contributed by atoms with Gasteiger partial charge in [0.15, 0.2) is 0 Å². The highest BCUT2D eigenvalue weighted by Crippen LogP contribution is 2.37. The lowest BCUT2D eigenvalue weighted by molar-refractivity contribution is -0.0328. The van der Waals surface area contributed by atoms with Crippen LogP contribution in [-0.2, 0) is 0 Å². The molecule has 2 aromatic carbocycles. The molecule has 0 amide bonds. The molecule has 9 heteroatoms. The van der Waals surface area contributed by atoms with Crippen molar-refractivity contribution < 1.29 is 13.2 Å². The minimum Gasteiger partial charge on any atom is -0.368 e. The van der Waals surface area contributed by atoms with Gasteiger partial charge in [-0.1, -0.05) is 35.9 Å². The number of nitrogens with one attached hydrogen (secondary N) is 1. The average molecular weight is 439 g/mol. The van der Waals surface area contributed by atoms with Gasteiger partial charge >= 0.3 is 5.51 Å². The van der Waals surface area contributed by atoms with Gasteiger partial charge in [-0.3, -0.25) is 0 Å². The Kier molecular flexibility index (Phi) is 6.66. The van der Waals surface area contributed by atoms with Crippen LogP contribution in [0.4, 0.5) is 19.0 Å². The van der Waals surface area contributed by atoms with Crippen molar-refractivity contribution in [2.75, 3.05) is 11.9 Å². The predicted molar refractivity (Wildman–Crippen MR) is 111 cm³/mol. The summed E-state index contributed by atoms with van der Waals surface area (Å²) < 4.78 is 37.7. The standard InChI is InChI=1S/C20H18ClF3N4S/c1-12-5-6-14(8-16(12)21)18-9-19(28-11-27-18)26-10-17(25)13-3-2-4-15(7-13)29-20(22,23)24/h2-9,11,17H,10,25H2,1H3,(H,26,27,28)/t17-/m0/s1. The van der Waals surface area contributed by atoms with Gasteiger partial charge in [0, 0.05) is 34.1 Å². The van der Waals surface area contributed by atoms with Gasteiger partial charge in [0.05, 0.1) is 5.69 Å². The molecule has 4 nitrogen and oxygen atoms in total. The molecule has 0 radical (unpaired) electrons. The number of hydrogen-bond donors (Lipinski definition) is 2. The number of nitrogens with zero attached hydrogens (tertiary/aromatic N) is 2. The van der Waals surface area contributed by atoms with Crippen molar-refractivity contribution in [3.8, 4) is 11.3 Å². The zero-order valence-electron chi connectivity index (χ0n) is 15.4. The summed E-state index contributed by atoms with van der Waals surface area (Å²) in [6.07, 6.45) is 1.43. The van der Waals surface area contributed by atoms with Gasteiger partial charge in [0.1, 0.15) is 12.1 Å². The summed E-state index contributed by atoms with van der Waals surface area (Å²) >= 11 is 6.02. The monoisotopic (exact) mass is 438 g/mol. The Labute approximate surface area is 175 Å². The molecule has 3 aromatic rings. The average Bonchev–Trinajstić information content (AvgIpc) is 2.67. The van der Waals surface area contributed by atoms with Gasteiger partial charge in [-0.2, -0.15) is 13.2 Å². The molecular formula is C20H18ClF3N4S. The van der Waals surface area contributed by atoms with Crippen molar-refractivity contribution in [2.24, 2.45) is 5.73 Å². The van der Waals surface area contributed by atoms with Crippen molar-refractivity contribution in [2.45, 2.75) is 23.4 Å². The van der Waals surface area contributed by atoms with Crippen LogP contribution in [0.25, 0.3) is 11.3 Å². The smallest absolute Gasteiger partial charge is 0.368 e. The molecule has 0 aliphatic heterocycles. The second-order valence-electron chi connectivity index (χ2n) is 6.36. The van der Waals surface area contributed by atoms with E-state index in [1.54, 1.807) is 18.2 Å². The van der Waals surface area contributed by atoms with Crippen molar-refractivity contribution in [3.05, 3.63) is 71.0 Å². The number of aromatic nitrogens is 2.